The van der Waals surface area contributed by atoms with Crippen LogP contribution in [0.15, 0.2) is 53.4 Å². The Kier molecular flexibility index (Phi) is 5.10. The van der Waals surface area contributed by atoms with E-state index in [1.807, 2.05) is 30.3 Å². The number of sulfonamides is 1. The van der Waals surface area contributed by atoms with Crippen molar-refractivity contribution >= 4 is 21.4 Å². The first-order valence-electron chi connectivity index (χ1n) is 8.06. The van der Waals surface area contributed by atoms with Gasteiger partial charge < -0.3 is 9.64 Å². The lowest BCUT2D eigenvalue weighted by Crippen LogP contribution is -2.48. The number of hydrogen-bond acceptors (Lipinski definition) is 6. The molecule has 9 heteroatoms. The summed E-state index contributed by atoms with van der Waals surface area (Å²) in [5, 5.41) is 11.1. The van der Waals surface area contributed by atoms with Gasteiger partial charge in [-0.05, 0) is 24.3 Å². The maximum atomic E-state index is 12.8. The Morgan fingerprint density at radius 2 is 1.69 bits per heavy atom. The number of ether oxygens (including phenoxy) is 1. The molecule has 0 N–H and O–H groups in total. The number of nitro groups is 1. The smallest absolute Gasteiger partial charge is 0.312 e. The molecule has 0 spiro atoms. The summed E-state index contributed by atoms with van der Waals surface area (Å²) in [4.78, 5) is 12.5. The van der Waals surface area contributed by atoms with Crippen LogP contribution in [0.1, 0.15) is 0 Å². The summed E-state index contributed by atoms with van der Waals surface area (Å²) in [5.41, 5.74) is 0.682. The van der Waals surface area contributed by atoms with E-state index in [0.717, 1.165) is 11.8 Å². The average molecular weight is 377 g/mol. The van der Waals surface area contributed by atoms with Crippen LogP contribution in [0, 0.1) is 10.1 Å². The van der Waals surface area contributed by atoms with E-state index in [1.165, 1.54) is 23.5 Å². The van der Waals surface area contributed by atoms with Crippen molar-refractivity contribution in [2.75, 3.05) is 38.2 Å². The summed E-state index contributed by atoms with van der Waals surface area (Å²) < 4.78 is 32.0. The Morgan fingerprint density at radius 1 is 1.04 bits per heavy atom. The Hall–Kier alpha value is -2.65. The summed E-state index contributed by atoms with van der Waals surface area (Å²) in [5.74, 6) is 0.0304. The third-order valence-electron chi connectivity index (χ3n) is 4.34. The zero-order valence-electron chi connectivity index (χ0n) is 14.2. The van der Waals surface area contributed by atoms with E-state index in [0.29, 0.717) is 26.2 Å². The van der Waals surface area contributed by atoms with Crippen LogP contribution in [-0.2, 0) is 10.0 Å². The number of rotatable bonds is 5. The highest BCUT2D eigenvalue weighted by molar-refractivity contribution is 7.89. The van der Waals surface area contributed by atoms with Crippen molar-refractivity contribution in [3.8, 4) is 5.75 Å². The van der Waals surface area contributed by atoms with Crippen LogP contribution in [0.25, 0.3) is 0 Å². The molecule has 1 heterocycles. The molecule has 3 rings (SSSR count). The molecule has 26 heavy (non-hydrogen) atoms. The molecule has 2 aromatic carbocycles. The van der Waals surface area contributed by atoms with Crippen molar-refractivity contribution in [2.24, 2.45) is 0 Å². The van der Waals surface area contributed by atoms with E-state index in [4.69, 9.17) is 4.74 Å². The third kappa shape index (κ3) is 3.49. The zero-order chi connectivity index (χ0) is 18.7. The number of benzene rings is 2. The van der Waals surface area contributed by atoms with Crippen LogP contribution in [0.2, 0.25) is 0 Å². The summed E-state index contributed by atoms with van der Waals surface area (Å²) in [6, 6.07) is 13.5. The molecule has 1 saturated heterocycles. The van der Waals surface area contributed by atoms with Gasteiger partial charge in [-0.25, -0.2) is 8.42 Å². The van der Waals surface area contributed by atoms with Gasteiger partial charge in [0, 0.05) is 37.9 Å². The number of methoxy groups -OCH3 is 1. The SMILES string of the molecule is COc1ccc(S(=O)(=O)N2CCN(c3ccccc3)CC2)cc1[N+](=O)[O-]. The highest BCUT2D eigenvalue weighted by Crippen LogP contribution is 2.31. The van der Waals surface area contributed by atoms with Crippen LogP contribution in [0.3, 0.4) is 0 Å². The molecule has 0 atom stereocenters. The molecule has 8 nitrogen and oxygen atoms in total. The Bertz CT molecular complexity index is 894. The van der Waals surface area contributed by atoms with Crippen molar-refractivity contribution < 1.29 is 18.1 Å². The van der Waals surface area contributed by atoms with Crippen LogP contribution < -0.4 is 9.64 Å². The Morgan fingerprint density at radius 3 is 2.27 bits per heavy atom. The topological polar surface area (TPSA) is 93.0 Å². The molecule has 0 amide bonds. The maximum Gasteiger partial charge on any atom is 0.312 e. The molecule has 0 aromatic heterocycles. The van der Waals surface area contributed by atoms with Gasteiger partial charge in [0.2, 0.25) is 10.0 Å². The van der Waals surface area contributed by atoms with Crippen LogP contribution in [0.4, 0.5) is 11.4 Å². The number of para-hydroxylation sites is 1. The normalized spacial score (nSPS) is 15.7. The first-order chi connectivity index (χ1) is 12.4. The standard InChI is InChI=1S/C17H19N3O5S/c1-25-17-8-7-15(13-16(17)20(21)22)26(23,24)19-11-9-18(10-12-19)14-5-3-2-4-6-14/h2-8,13H,9-12H2,1H3. The molecule has 1 aliphatic heterocycles. The van der Waals surface area contributed by atoms with Gasteiger partial charge in [0.1, 0.15) is 0 Å². The highest BCUT2D eigenvalue weighted by atomic mass is 32.2. The minimum Gasteiger partial charge on any atom is -0.490 e. The molecule has 0 saturated carbocycles. The number of piperazine rings is 1. The number of anilines is 1. The third-order valence-corrected chi connectivity index (χ3v) is 6.24. The van der Waals surface area contributed by atoms with Gasteiger partial charge in [0.15, 0.2) is 5.75 Å². The second kappa shape index (κ2) is 7.30. The molecule has 2 aromatic rings. The number of nitrogens with zero attached hydrogens (tertiary/aromatic N) is 3. The van der Waals surface area contributed by atoms with E-state index >= 15 is 0 Å². The lowest BCUT2D eigenvalue weighted by molar-refractivity contribution is -0.386. The largest absolute Gasteiger partial charge is 0.490 e. The first kappa shape index (κ1) is 18.2. The molecule has 1 aliphatic rings. The van der Waals surface area contributed by atoms with E-state index in [1.54, 1.807) is 0 Å². The Balaban J connectivity index is 1.79. The van der Waals surface area contributed by atoms with Crippen molar-refractivity contribution in [3.05, 3.63) is 58.6 Å². The second-order valence-electron chi connectivity index (χ2n) is 5.82. The van der Waals surface area contributed by atoms with Crippen LogP contribution >= 0.6 is 0 Å². The number of nitro benzene ring substituents is 1. The minimum atomic E-state index is -3.80. The molecule has 0 bridgehead atoms. The van der Waals surface area contributed by atoms with Gasteiger partial charge in [-0.3, -0.25) is 10.1 Å². The molecule has 138 valence electrons. The van der Waals surface area contributed by atoms with Crippen molar-refractivity contribution in [3.63, 3.8) is 0 Å². The fraction of sp³-hybridized carbons (Fsp3) is 0.294. The molecule has 0 radical (unpaired) electrons. The fourth-order valence-electron chi connectivity index (χ4n) is 2.95. The lowest BCUT2D eigenvalue weighted by atomic mass is 10.2. The second-order valence-corrected chi connectivity index (χ2v) is 7.76. The van der Waals surface area contributed by atoms with Gasteiger partial charge in [-0.2, -0.15) is 4.31 Å². The summed E-state index contributed by atoms with van der Waals surface area (Å²) in [6.07, 6.45) is 0. The van der Waals surface area contributed by atoms with E-state index < -0.39 is 14.9 Å². The Labute approximate surface area is 151 Å². The van der Waals surface area contributed by atoms with Crippen molar-refractivity contribution in [2.45, 2.75) is 4.90 Å². The monoisotopic (exact) mass is 377 g/mol. The molecule has 0 aliphatic carbocycles. The summed E-state index contributed by atoms with van der Waals surface area (Å²) >= 11 is 0. The lowest BCUT2D eigenvalue weighted by Gasteiger charge is -2.35. The van der Waals surface area contributed by atoms with Crippen molar-refractivity contribution in [1.82, 2.24) is 4.31 Å². The predicted octanol–water partition coefficient (Wildman–Crippen LogP) is 2.11. The highest BCUT2D eigenvalue weighted by Gasteiger charge is 2.30. The van der Waals surface area contributed by atoms with Gasteiger partial charge in [-0.15, -0.1) is 0 Å². The fourth-order valence-corrected chi connectivity index (χ4v) is 4.39. The van der Waals surface area contributed by atoms with Gasteiger partial charge in [0.25, 0.3) is 0 Å². The van der Waals surface area contributed by atoms with Crippen molar-refractivity contribution in [1.29, 1.82) is 0 Å². The minimum absolute atomic E-state index is 0.0304. The average Bonchev–Trinajstić information content (AvgIpc) is 2.68. The van der Waals surface area contributed by atoms with E-state index in [2.05, 4.69) is 4.90 Å². The van der Waals surface area contributed by atoms with Gasteiger partial charge in [-0.1, -0.05) is 18.2 Å². The van der Waals surface area contributed by atoms with Crippen LogP contribution in [0.5, 0.6) is 5.75 Å². The molecular weight excluding hydrogens is 358 g/mol. The van der Waals surface area contributed by atoms with Crippen LogP contribution in [-0.4, -0.2) is 50.9 Å². The number of hydrogen-bond donors (Lipinski definition) is 0. The van der Waals surface area contributed by atoms with Gasteiger partial charge >= 0.3 is 5.69 Å². The van der Waals surface area contributed by atoms with E-state index in [9.17, 15) is 18.5 Å². The van der Waals surface area contributed by atoms with E-state index in [-0.39, 0.29) is 16.3 Å². The first-order valence-corrected chi connectivity index (χ1v) is 9.50. The molecular formula is C17H19N3O5S. The molecule has 1 fully saturated rings. The van der Waals surface area contributed by atoms with Gasteiger partial charge in [0.05, 0.1) is 16.9 Å². The summed E-state index contributed by atoms with van der Waals surface area (Å²) in [7, 11) is -2.50. The summed E-state index contributed by atoms with van der Waals surface area (Å²) in [6.45, 7) is 1.75. The molecule has 0 unspecified atom stereocenters. The zero-order valence-corrected chi connectivity index (χ0v) is 15.1. The maximum absolute atomic E-state index is 12.8. The quantitative estimate of drug-likeness (QED) is 0.585. The predicted molar refractivity (Wildman–Crippen MR) is 97.1 cm³/mol.